The second-order valence-corrected chi connectivity index (χ2v) is 6.22. The predicted octanol–water partition coefficient (Wildman–Crippen LogP) is 3.49. The summed E-state index contributed by atoms with van der Waals surface area (Å²) in [6.45, 7) is 5.31. The number of rotatable bonds is 4. The zero-order valence-electron chi connectivity index (χ0n) is 14.0. The van der Waals surface area contributed by atoms with Crippen molar-refractivity contribution in [2.45, 2.75) is 32.3 Å². The fourth-order valence-electron chi connectivity index (χ4n) is 2.96. The van der Waals surface area contributed by atoms with Crippen LogP contribution in [0, 0.1) is 11.3 Å². The minimum Gasteiger partial charge on any atom is -0.491 e. The molecule has 0 amide bonds. The molecule has 0 radical (unpaired) electrons. The lowest BCUT2D eigenvalue weighted by molar-refractivity contribution is 0.194. The molecular weight excluding hydrogens is 302 g/mol. The molecule has 3 rings (SSSR count). The van der Waals surface area contributed by atoms with Gasteiger partial charge in [-0.25, -0.2) is 4.98 Å². The van der Waals surface area contributed by atoms with Crippen LogP contribution in [0.15, 0.2) is 30.3 Å². The minimum atomic E-state index is 0.102. The van der Waals surface area contributed by atoms with E-state index in [-0.39, 0.29) is 17.8 Å². The second kappa shape index (κ2) is 6.90. The summed E-state index contributed by atoms with van der Waals surface area (Å²) in [5, 5.41) is 9.43. The fourth-order valence-corrected chi connectivity index (χ4v) is 2.96. The van der Waals surface area contributed by atoms with Crippen LogP contribution in [0.4, 0.5) is 5.82 Å². The maximum atomic E-state index is 9.43. The molecule has 1 aromatic heterocycles. The molecule has 2 aromatic rings. The third-order valence-electron chi connectivity index (χ3n) is 4.06. The van der Waals surface area contributed by atoms with Crippen LogP contribution < -0.4 is 10.5 Å². The van der Waals surface area contributed by atoms with Crippen molar-refractivity contribution in [2.75, 3.05) is 18.9 Å². The summed E-state index contributed by atoms with van der Waals surface area (Å²) in [6.07, 6.45) is 0.999. The molecule has 124 valence electrons. The number of anilines is 1. The lowest BCUT2D eigenvalue weighted by Gasteiger charge is -2.15. The lowest BCUT2D eigenvalue weighted by Crippen LogP contribution is -2.07. The van der Waals surface area contributed by atoms with Gasteiger partial charge in [-0.15, -0.1) is 0 Å². The largest absolute Gasteiger partial charge is 0.491 e. The fraction of sp³-hybridized carbons (Fsp3) is 0.368. The molecule has 0 bridgehead atoms. The summed E-state index contributed by atoms with van der Waals surface area (Å²) in [5.74, 6) is 1.25. The average molecular weight is 323 g/mol. The van der Waals surface area contributed by atoms with Gasteiger partial charge in [0.25, 0.3) is 0 Å². The normalized spacial score (nSPS) is 17.0. The third kappa shape index (κ3) is 3.34. The van der Waals surface area contributed by atoms with Crippen molar-refractivity contribution in [1.82, 2.24) is 4.98 Å². The Labute approximate surface area is 142 Å². The van der Waals surface area contributed by atoms with Gasteiger partial charge < -0.3 is 15.2 Å². The molecular formula is C19H21N3O2. The van der Waals surface area contributed by atoms with Crippen LogP contribution >= 0.6 is 0 Å². The summed E-state index contributed by atoms with van der Waals surface area (Å²) < 4.78 is 11.2. The maximum Gasteiger partial charge on any atom is 0.142 e. The first-order valence-corrected chi connectivity index (χ1v) is 8.14. The highest BCUT2D eigenvalue weighted by Gasteiger charge is 2.23. The number of benzene rings is 1. The highest BCUT2D eigenvalue weighted by atomic mass is 16.5. The molecule has 24 heavy (non-hydrogen) atoms. The molecule has 5 heteroatoms. The Morgan fingerprint density at radius 3 is 2.88 bits per heavy atom. The standard InChI is InChI=1S/C19H21N3O2/c1-12(2)24-15-5-3-4-13(8-15)18-9-16(14-6-7-23-11-14)17(10-20)19(21)22-18/h3-5,8-9,12,14H,6-7,11H2,1-2H3,(H2,21,22)/t14-/m1/s1. The molecule has 5 nitrogen and oxygen atoms in total. The average Bonchev–Trinajstić information content (AvgIpc) is 3.08. The van der Waals surface area contributed by atoms with E-state index in [1.165, 1.54) is 0 Å². The highest BCUT2D eigenvalue weighted by molar-refractivity contribution is 5.68. The Morgan fingerprint density at radius 2 is 2.21 bits per heavy atom. The van der Waals surface area contributed by atoms with E-state index in [0.29, 0.717) is 18.8 Å². The van der Waals surface area contributed by atoms with Crippen LogP contribution in [0.3, 0.4) is 0 Å². The summed E-state index contributed by atoms with van der Waals surface area (Å²) in [6, 6.07) is 11.9. The molecule has 2 N–H and O–H groups in total. The van der Waals surface area contributed by atoms with Gasteiger partial charge in [-0.2, -0.15) is 5.26 Å². The van der Waals surface area contributed by atoms with Gasteiger partial charge in [0.05, 0.1) is 24.0 Å². The maximum absolute atomic E-state index is 9.43. The first-order chi connectivity index (χ1) is 11.6. The van der Waals surface area contributed by atoms with Crippen LogP contribution in [0.5, 0.6) is 5.75 Å². The third-order valence-corrected chi connectivity index (χ3v) is 4.06. The van der Waals surface area contributed by atoms with Gasteiger partial charge in [0.15, 0.2) is 0 Å². The highest BCUT2D eigenvalue weighted by Crippen LogP contribution is 2.33. The van der Waals surface area contributed by atoms with Gasteiger partial charge in [-0.3, -0.25) is 0 Å². The van der Waals surface area contributed by atoms with E-state index in [4.69, 9.17) is 15.2 Å². The van der Waals surface area contributed by atoms with E-state index in [9.17, 15) is 5.26 Å². The van der Waals surface area contributed by atoms with Gasteiger partial charge in [0.2, 0.25) is 0 Å². The van der Waals surface area contributed by atoms with Crippen molar-refractivity contribution in [3.8, 4) is 23.1 Å². The molecule has 1 saturated heterocycles. The molecule has 1 aliphatic rings. The summed E-state index contributed by atoms with van der Waals surface area (Å²) >= 11 is 0. The lowest BCUT2D eigenvalue weighted by atomic mass is 9.93. The van der Waals surface area contributed by atoms with E-state index in [1.54, 1.807) is 0 Å². The van der Waals surface area contributed by atoms with Crippen LogP contribution in [0.1, 0.15) is 37.3 Å². The summed E-state index contributed by atoms with van der Waals surface area (Å²) in [4.78, 5) is 4.43. The molecule has 0 spiro atoms. The zero-order valence-corrected chi connectivity index (χ0v) is 14.0. The number of hydrogen-bond acceptors (Lipinski definition) is 5. The Bertz CT molecular complexity index is 775. The monoisotopic (exact) mass is 323 g/mol. The van der Waals surface area contributed by atoms with Gasteiger partial charge in [0, 0.05) is 18.1 Å². The topological polar surface area (TPSA) is 81.2 Å². The van der Waals surface area contributed by atoms with Crippen LogP contribution in [-0.2, 0) is 4.74 Å². The quantitative estimate of drug-likeness (QED) is 0.931. The first-order valence-electron chi connectivity index (χ1n) is 8.14. The smallest absolute Gasteiger partial charge is 0.142 e. The molecule has 0 unspecified atom stereocenters. The number of nitrogen functional groups attached to an aromatic ring is 1. The Hall–Kier alpha value is -2.58. The summed E-state index contributed by atoms with van der Waals surface area (Å²) in [7, 11) is 0. The number of ether oxygens (including phenoxy) is 2. The number of nitrogens with two attached hydrogens (primary N) is 1. The summed E-state index contributed by atoms with van der Waals surface area (Å²) in [5.41, 5.74) is 9.11. The number of hydrogen-bond donors (Lipinski definition) is 1. The van der Waals surface area contributed by atoms with E-state index in [2.05, 4.69) is 11.1 Å². The van der Waals surface area contributed by atoms with Gasteiger partial charge in [-0.1, -0.05) is 12.1 Å². The number of nitriles is 1. The van der Waals surface area contributed by atoms with Crippen molar-refractivity contribution < 1.29 is 9.47 Å². The van der Waals surface area contributed by atoms with Crippen LogP contribution in [0.2, 0.25) is 0 Å². The van der Waals surface area contributed by atoms with Crippen LogP contribution in [-0.4, -0.2) is 24.3 Å². The minimum absolute atomic E-state index is 0.102. The number of nitrogens with zero attached hydrogens (tertiary/aromatic N) is 2. The van der Waals surface area contributed by atoms with Crippen molar-refractivity contribution in [1.29, 1.82) is 5.26 Å². The van der Waals surface area contributed by atoms with E-state index >= 15 is 0 Å². The number of aromatic nitrogens is 1. The molecule has 0 saturated carbocycles. The van der Waals surface area contributed by atoms with Gasteiger partial charge in [-0.05, 0) is 44.0 Å². The molecule has 2 heterocycles. The predicted molar refractivity (Wildman–Crippen MR) is 92.7 cm³/mol. The molecule has 1 atom stereocenters. The Kier molecular flexibility index (Phi) is 4.68. The van der Waals surface area contributed by atoms with Crippen molar-refractivity contribution in [3.05, 3.63) is 41.5 Å². The van der Waals surface area contributed by atoms with Crippen molar-refractivity contribution >= 4 is 5.82 Å². The van der Waals surface area contributed by atoms with Crippen molar-refractivity contribution in [2.24, 2.45) is 0 Å². The molecule has 1 aliphatic heterocycles. The first kappa shape index (κ1) is 16.3. The SMILES string of the molecule is CC(C)Oc1cccc(-c2cc([C@@H]3CCOC3)c(C#N)c(N)n2)c1. The number of pyridine rings is 1. The Balaban J connectivity index is 2.04. The van der Waals surface area contributed by atoms with Crippen molar-refractivity contribution in [3.63, 3.8) is 0 Å². The van der Waals surface area contributed by atoms with E-state index in [0.717, 1.165) is 29.0 Å². The van der Waals surface area contributed by atoms with E-state index < -0.39 is 0 Å². The Morgan fingerprint density at radius 1 is 1.38 bits per heavy atom. The molecule has 0 aliphatic carbocycles. The van der Waals surface area contributed by atoms with Crippen LogP contribution in [0.25, 0.3) is 11.3 Å². The zero-order chi connectivity index (χ0) is 17.1. The molecule has 1 fully saturated rings. The van der Waals surface area contributed by atoms with Gasteiger partial charge in [0.1, 0.15) is 17.6 Å². The van der Waals surface area contributed by atoms with Gasteiger partial charge >= 0.3 is 0 Å². The second-order valence-electron chi connectivity index (χ2n) is 6.22. The van der Waals surface area contributed by atoms with E-state index in [1.807, 2.05) is 44.2 Å². The molecule has 1 aromatic carbocycles.